The third-order valence-corrected chi connectivity index (χ3v) is 3.55. The van der Waals surface area contributed by atoms with Gasteiger partial charge in [0.2, 0.25) is 0 Å². The smallest absolute Gasteiger partial charge is 0.265 e. The predicted molar refractivity (Wildman–Crippen MR) is 66.0 cm³/mol. The molecule has 0 N–H and O–H groups in total. The van der Waals surface area contributed by atoms with E-state index < -0.39 is 0 Å². The lowest BCUT2D eigenvalue weighted by Crippen LogP contribution is -2.08. The van der Waals surface area contributed by atoms with Crippen LogP contribution in [0.4, 0.5) is 5.69 Å². The number of nitro groups is 1. The largest absolute Gasteiger partial charge is 0.313 e. The molecule has 0 spiro atoms. The zero-order valence-corrected chi connectivity index (χ0v) is 11.3. The van der Waals surface area contributed by atoms with Gasteiger partial charge in [-0.2, -0.15) is 5.10 Å². The van der Waals surface area contributed by atoms with Crippen molar-refractivity contribution in [2.45, 2.75) is 37.9 Å². The summed E-state index contributed by atoms with van der Waals surface area (Å²) in [5.41, 5.74) is 1.45. The second-order valence-corrected chi connectivity index (χ2v) is 4.98. The maximum absolute atomic E-state index is 11.0. The molecule has 0 aliphatic carbocycles. The van der Waals surface area contributed by atoms with Crippen LogP contribution in [0.15, 0.2) is 0 Å². The van der Waals surface area contributed by atoms with Crippen molar-refractivity contribution >= 4 is 21.6 Å². The number of aromatic nitrogens is 2. The Hall–Kier alpha value is -0.910. The molecular formula is C10H16BrN3O2. The molecule has 5 nitrogen and oxygen atoms in total. The van der Waals surface area contributed by atoms with Gasteiger partial charge in [0.05, 0.1) is 4.92 Å². The van der Waals surface area contributed by atoms with E-state index in [9.17, 15) is 10.1 Å². The Balaban J connectivity index is 3.15. The summed E-state index contributed by atoms with van der Waals surface area (Å²) in [6.45, 7) is 3.92. The van der Waals surface area contributed by atoms with Crippen LogP contribution in [0, 0.1) is 10.1 Å². The molecule has 1 aromatic rings. The van der Waals surface area contributed by atoms with Crippen LogP contribution in [0.25, 0.3) is 0 Å². The van der Waals surface area contributed by atoms with E-state index >= 15 is 0 Å². The van der Waals surface area contributed by atoms with Crippen molar-refractivity contribution in [3.05, 3.63) is 21.5 Å². The van der Waals surface area contributed by atoms with Crippen LogP contribution < -0.4 is 0 Å². The van der Waals surface area contributed by atoms with E-state index in [2.05, 4.69) is 21.0 Å². The summed E-state index contributed by atoms with van der Waals surface area (Å²) < 4.78 is 1.63. The maximum Gasteiger partial charge on any atom is 0.313 e. The highest BCUT2D eigenvalue weighted by molar-refractivity contribution is 9.09. The molecule has 0 bridgehead atoms. The Morgan fingerprint density at radius 1 is 1.56 bits per heavy atom. The van der Waals surface area contributed by atoms with Gasteiger partial charge in [-0.1, -0.05) is 29.8 Å². The first kappa shape index (κ1) is 13.2. The highest BCUT2D eigenvalue weighted by Gasteiger charge is 2.26. The number of hydrogen-bond donors (Lipinski definition) is 0. The van der Waals surface area contributed by atoms with Gasteiger partial charge in [-0.05, 0) is 12.8 Å². The van der Waals surface area contributed by atoms with Crippen molar-refractivity contribution in [2.24, 2.45) is 7.05 Å². The molecule has 1 atom stereocenters. The molecule has 0 aliphatic heterocycles. The van der Waals surface area contributed by atoms with E-state index in [0.717, 1.165) is 6.42 Å². The van der Waals surface area contributed by atoms with Crippen LogP contribution in [0.1, 0.15) is 31.7 Å². The van der Waals surface area contributed by atoms with Crippen molar-refractivity contribution in [1.82, 2.24) is 9.78 Å². The van der Waals surface area contributed by atoms with Gasteiger partial charge >= 0.3 is 5.69 Å². The number of hydrogen-bond acceptors (Lipinski definition) is 3. The van der Waals surface area contributed by atoms with Crippen molar-refractivity contribution in [2.75, 3.05) is 0 Å². The standard InChI is InChI=1S/C10H16BrN3O2/c1-4-7(11)6-9-10(14(15)16)8(5-2)12-13(9)3/h7H,4-6H2,1-3H3. The first-order chi connectivity index (χ1) is 7.51. The molecule has 0 saturated carbocycles. The molecule has 1 rings (SSSR count). The quantitative estimate of drug-likeness (QED) is 0.476. The Morgan fingerprint density at radius 3 is 2.62 bits per heavy atom. The average molecular weight is 290 g/mol. The van der Waals surface area contributed by atoms with Gasteiger partial charge < -0.3 is 0 Å². The van der Waals surface area contributed by atoms with Crippen LogP contribution in [-0.4, -0.2) is 19.5 Å². The average Bonchev–Trinajstić information content (AvgIpc) is 2.55. The van der Waals surface area contributed by atoms with Gasteiger partial charge in [0.25, 0.3) is 0 Å². The SMILES string of the molecule is CCc1nn(C)c(CC(Br)CC)c1[N+](=O)[O-]. The van der Waals surface area contributed by atoms with E-state index in [1.54, 1.807) is 11.7 Å². The van der Waals surface area contributed by atoms with E-state index in [-0.39, 0.29) is 15.4 Å². The summed E-state index contributed by atoms with van der Waals surface area (Å²) >= 11 is 3.50. The lowest BCUT2D eigenvalue weighted by molar-refractivity contribution is -0.386. The van der Waals surface area contributed by atoms with Crippen molar-refractivity contribution in [3.8, 4) is 0 Å². The molecule has 0 fully saturated rings. The molecule has 90 valence electrons. The van der Waals surface area contributed by atoms with Gasteiger partial charge in [-0.15, -0.1) is 0 Å². The van der Waals surface area contributed by atoms with Crippen LogP contribution >= 0.6 is 15.9 Å². The molecule has 1 aromatic heterocycles. The summed E-state index contributed by atoms with van der Waals surface area (Å²) in [5.74, 6) is 0. The van der Waals surface area contributed by atoms with E-state index in [4.69, 9.17) is 0 Å². The Morgan fingerprint density at radius 2 is 2.19 bits per heavy atom. The van der Waals surface area contributed by atoms with Gasteiger partial charge in [0.15, 0.2) is 0 Å². The van der Waals surface area contributed by atoms with Crippen molar-refractivity contribution < 1.29 is 4.92 Å². The fourth-order valence-electron chi connectivity index (χ4n) is 1.64. The lowest BCUT2D eigenvalue weighted by Gasteiger charge is -2.06. The monoisotopic (exact) mass is 289 g/mol. The summed E-state index contributed by atoms with van der Waals surface area (Å²) in [6.07, 6.45) is 2.16. The van der Waals surface area contributed by atoms with Crippen LogP contribution in [0.5, 0.6) is 0 Å². The fourth-order valence-corrected chi connectivity index (χ4v) is 1.95. The Bertz CT molecular complexity index is 390. The summed E-state index contributed by atoms with van der Waals surface area (Å²) in [7, 11) is 1.76. The van der Waals surface area contributed by atoms with E-state index in [1.165, 1.54) is 0 Å². The molecule has 0 radical (unpaired) electrons. The summed E-state index contributed by atoms with van der Waals surface area (Å²) in [5, 5.41) is 15.2. The zero-order chi connectivity index (χ0) is 12.3. The van der Waals surface area contributed by atoms with Gasteiger partial charge in [0, 0.05) is 18.3 Å². The maximum atomic E-state index is 11.0. The molecule has 0 amide bonds. The third-order valence-electron chi connectivity index (χ3n) is 2.58. The normalized spacial score (nSPS) is 12.8. The van der Waals surface area contributed by atoms with Crippen molar-refractivity contribution in [3.63, 3.8) is 0 Å². The second kappa shape index (κ2) is 5.43. The molecule has 1 heterocycles. The molecular weight excluding hydrogens is 274 g/mol. The van der Waals surface area contributed by atoms with Crippen LogP contribution in [0.3, 0.4) is 0 Å². The molecule has 6 heteroatoms. The minimum atomic E-state index is -0.323. The number of rotatable bonds is 5. The highest BCUT2D eigenvalue weighted by atomic mass is 79.9. The number of aryl methyl sites for hydroxylation is 2. The number of nitrogens with zero attached hydrogens (tertiary/aromatic N) is 3. The Labute approximate surface area is 103 Å². The predicted octanol–water partition coefficient (Wildman–Crippen LogP) is 2.61. The molecule has 0 aliphatic rings. The van der Waals surface area contributed by atoms with Gasteiger partial charge in [-0.3, -0.25) is 14.8 Å². The fraction of sp³-hybridized carbons (Fsp3) is 0.700. The van der Waals surface area contributed by atoms with Crippen LogP contribution in [-0.2, 0) is 19.9 Å². The minimum absolute atomic E-state index is 0.183. The number of alkyl halides is 1. The first-order valence-electron chi connectivity index (χ1n) is 5.34. The van der Waals surface area contributed by atoms with Gasteiger partial charge in [-0.25, -0.2) is 0 Å². The van der Waals surface area contributed by atoms with Gasteiger partial charge in [0.1, 0.15) is 11.4 Å². The van der Waals surface area contributed by atoms with Crippen molar-refractivity contribution in [1.29, 1.82) is 0 Å². The van der Waals surface area contributed by atoms with E-state index in [1.807, 2.05) is 13.8 Å². The highest BCUT2D eigenvalue weighted by Crippen LogP contribution is 2.26. The lowest BCUT2D eigenvalue weighted by atomic mass is 10.1. The molecule has 1 unspecified atom stereocenters. The summed E-state index contributed by atoms with van der Waals surface area (Å²) in [4.78, 5) is 11.0. The minimum Gasteiger partial charge on any atom is -0.265 e. The molecule has 16 heavy (non-hydrogen) atoms. The van der Waals surface area contributed by atoms with Crippen LogP contribution in [0.2, 0.25) is 0 Å². The Kier molecular flexibility index (Phi) is 4.46. The summed E-state index contributed by atoms with van der Waals surface area (Å²) in [6, 6.07) is 0. The zero-order valence-electron chi connectivity index (χ0n) is 9.73. The first-order valence-corrected chi connectivity index (χ1v) is 6.25. The topological polar surface area (TPSA) is 61.0 Å². The second-order valence-electron chi connectivity index (χ2n) is 3.69. The number of halogens is 1. The van der Waals surface area contributed by atoms with E-state index in [0.29, 0.717) is 24.2 Å². The molecule has 0 aromatic carbocycles. The molecule has 0 saturated heterocycles. The third kappa shape index (κ3) is 2.61.